The van der Waals surface area contributed by atoms with Crippen molar-refractivity contribution < 1.29 is 9.53 Å². The molecule has 7 nitrogen and oxygen atoms in total. The number of hydrogen-bond donors (Lipinski definition) is 1. The van der Waals surface area contributed by atoms with Crippen LogP contribution < -0.4 is 5.32 Å². The van der Waals surface area contributed by atoms with E-state index in [1.54, 1.807) is 45.3 Å². The van der Waals surface area contributed by atoms with E-state index in [-0.39, 0.29) is 0 Å². The Labute approximate surface area is 147 Å². The van der Waals surface area contributed by atoms with Crippen molar-refractivity contribution in [1.29, 1.82) is 0 Å². The molecule has 0 spiro atoms. The van der Waals surface area contributed by atoms with Gasteiger partial charge >= 0.3 is 6.09 Å². The molecule has 3 rings (SSSR count). The molecule has 24 heavy (non-hydrogen) atoms. The molecule has 1 amide bonds. The third kappa shape index (κ3) is 3.95. The summed E-state index contributed by atoms with van der Waals surface area (Å²) in [6.45, 7) is 5.37. The molecule has 3 aromatic heterocycles. The largest absolute Gasteiger partial charge is 0.444 e. The summed E-state index contributed by atoms with van der Waals surface area (Å²) in [6.07, 6.45) is 2.56. The van der Waals surface area contributed by atoms with Gasteiger partial charge in [0.15, 0.2) is 15.6 Å². The molecule has 0 saturated carbocycles. The first kappa shape index (κ1) is 16.5. The van der Waals surface area contributed by atoms with Crippen molar-refractivity contribution in [2.75, 3.05) is 5.32 Å². The van der Waals surface area contributed by atoms with Gasteiger partial charge in [0.1, 0.15) is 11.3 Å². The van der Waals surface area contributed by atoms with Crippen molar-refractivity contribution >= 4 is 44.6 Å². The molecule has 0 radical (unpaired) electrons. The number of carbonyl (C=O) groups excluding carboxylic acids is 1. The first-order valence-electron chi connectivity index (χ1n) is 7.06. The smallest absolute Gasteiger partial charge is 0.413 e. The van der Waals surface area contributed by atoms with Crippen LogP contribution in [-0.2, 0) is 4.74 Å². The number of nitrogens with zero attached hydrogens (tertiary/aromatic N) is 4. The summed E-state index contributed by atoms with van der Waals surface area (Å²) < 4.78 is 5.20. The maximum absolute atomic E-state index is 11.8. The Kier molecular flexibility index (Phi) is 4.33. The summed E-state index contributed by atoms with van der Waals surface area (Å²) in [5.74, 6) is 0. The molecule has 0 unspecified atom stereocenters. The summed E-state index contributed by atoms with van der Waals surface area (Å²) in [6, 6.07) is 3.50. The number of ether oxygens (including phenoxy) is 1. The van der Waals surface area contributed by atoms with E-state index in [1.807, 2.05) is 0 Å². The summed E-state index contributed by atoms with van der Waals surface area (Å²) in [4.78, 5) is 29.5. The fraction of sp³-hybridized carbons (Fsp3) is 0.267. The summed E-state index contributed by atoms with van der Waals surface area (Å²) in [5, 5.41) is 3.51. The van der Waals surface area contributed by atoms with Crippen LogP contribution in [0.25, 0.3) is 21.9 Å². The molecular formula is C15H14ClN5O2S. The lowest BCUT2D eigenvalue weighted by molar-refractivity contribution is 0.0636. The predicted octanol–water partition coefficient (Wildman–Crippen LogP) is 4.15. The highest BCUT2D eigenvalue weighted by Gasteiger charge is 2.18. The second-order valence-electron chi connectivity index (χ2n) is 5.89. The number of pyridine rings is 1. The maximum Gasteiger partial charge on any atom is 0.413 e. The van der Waals surface area contributed by atoms with Gasteiger partial charge in [0.25, 0.3) is 0 Å². The van der Waals surface area contributed by atoms with Crippen LogP contribution in [-0.4, -0.2) is 31.6 Å². The van der Waals surface area contributed by atoms with Gasteiger partial charge in [-0.1, -0.05) is 22.9 Å². The topological polar surface area (TPSA) is 89.9 Å². The number of hydrogen-bond acceptors (Lipinski definition) is 7. The average Bonchev–Trinajstić information content (AvgIpc) is 2.86. The summed E-state index contributed by atoms with van der Waals surface area (Å²) in [7, 11) is 0. The molecule has 0 aliphatic rings. The van der Waals surface area contributed by atoms with Crippen LogP contribution in [0.1, 0.15) is 20.8 Å². The molecule has 0 saturated heterocycles. The SMILES string of the molecule is CC(C)(C)OC(=O)Nc1nc2ncc(-c3ccc(Cl)cn3)nc2s1. The second-order valence-corrected chi connectivity index (χ2v) is 7.31. The van der Waals surface area contributed by atoms with Gasteiger partial charge in [0, 0.05) is 6.20 Å². The van der Waals surface area contributed by atoms with Crippen LogP contribution in [0.5, 0.6) is 0 Å². The minimum absolute atomic E-state index is 0.375. The molecule has 3 aromatic rings. The monoisotopic (exact) mass is 363 g/mol. The predicted molar refractivity (Wildman–Crippen MR) is 93.3 cm³/mol. The second kappa shape index (κ2) is 6.29. The Morgan fingerprint density at radius 1 is 1.17 bits per heavy atom. The van der Waals surface area contributed by atoms with Crippen molar-refractivity contribution in [3.63, 3.8) is 0 Å². The average molecular weight is 364 g/mol. The lowest BCUT2D eigenvalue weighted by Crippen LogP contribution is -2.27. The Bertz CT molecular complexity index is 889. The number of carbonyl (C=O) groups is 1. The molecule has 0 aliphatic carbocycles. The minimum Gasteiger partial charge on any atom is -0.444 e. The standard InChI is InChI=1S/C15H14ClN5O2S/c1-15(2,3)23-14(22)21-13-20-11-12(24-13)19-10(7-18-11)9-5-4-8(16)6-17-9/h4-7H,1-3H3,(H,18,20,21,22). The van der Waals surface area contributed by atoms with E-state index >= 15 is 0 Å². The van der Waals surface area contributed by atoms with Crippen molar-refractivity contribution in [2.24, 2.45) is 0 Å². The number of thiazole rings is 1. The quantitative estimate of drug-likeness (QED) is 0.735. The van der Waals surface area contributed by atoms with Crippen molar-refractivity contribution in [3.05, 3.63) is 29.5 Å². The molecular weight excluding hydrogens is 350 g/mol. The normalized spacial score (nSPS) is 11.5. The van der Waals surface area contributed by atoms with Gasteiger partial charge in [0.2, 0.25) is 0 Å². The number of aromatic nitrogens is 4. The van der Waals surface area contributed by atoms with E-state index in [0.717, 1.165) is 0 Å². The van der Waals surface area contributed by atoms with Gasteiger partial charge in [-0.3, -0.25) is 10.3 Å². The summed E-state index contributed by atoms with van der Waals surface area (Å²) in [5.41, 5.74) is 1.13. The van der Waals surface area contributed by atoms with Crippen LogP contribution >= 0.6 is 22.9 Å². The number of anilines is 1. The Hall–Kier alpha value is -2.32. The van der Waals surface area contributed by atoms with Crippen molar-refractivity contribution in [1.82, 2.24) is 19.9 Å². The van der Waals surface area contributed by atoms with Crippen molar-refractivity contribution in [3.8, 4) is 11.4 Å². The summed E-state index contributed by atoms with van der Waals surface area (Å²) >= 11 is 7.05. The molecule has 9 heteroatoms. The molecule has 0 atom stereocenters. The van der Waals surface area contributed by atoms with E-state index in [9.17, 15) is 4.79 Å². The van der Waals surface area contributed by atoms with Crippen LogP contribution in [0.4, 0.5) is 9.93 Å². The lowest BCUT2D eigenvalue weighted by atomic mass is 10.2. The van der Waals surface area contributed by atoms with Crippen molar-refractivity contribution in [2.45, 2.75) is 26.4 Å². The van der Waals surface area contributed by atoms with Crippen LogP contribution in [0, 0.1) is 0 Å². The van der Waals surface area contributed by atoms with Gasteiger partial charge in [-0.15, -0.1) is 0 Å². The highest BCUT2D eigenvalue weighted by atomic mass is 35.5. The molecule has 0 fully saturated rings. The maximum atomic E-state index is 11.8. The van der Waals surface area contributed by atoms with Crippen LogP contribution in [0.3, 0.4) is 0 Å². The zero-order valence-electron chi connectivity index (χ0n) is 13.2. The van der Waals surface area contributed by atoms with Crippen LogP contribution in [0.15, 0.2) is 24.5 Å². The zero-order chi connectivity index (χ0) is 17.3. The van der Waals surface area contributed by atoms with E-state index < -0.39 is 11.7 Å². The first-order chi connectivity index (χ1) is 11.3. The molecule has 0 bridgehead atoms. The Morgan fingerprint density at radius 3 is 2.62 bits per heavy atom. The third-order valence-electron chi connectivity index (χ3n) is 2.72. The third-order valence-corrected chi connectivity index (χ3v) is 3.80. The van der Waals surface area contributed by atoms with Gasteiger partial charge in [-0.05, 0) is 32.9 Å². The Morgan fingerprint density at radius 2 is 1.96 bits per heavy atom. The minimum atomic E-state index is -0.579. The molecule has 124 valence electrons. The van der Waals surface area contributed by atoms with Gasteiger partial charge in [-0.2, -0.15) is 4.98 Å². The molecule has 3 heterocycles. The molecule has 1 N–H and O–H groups in total. The fourth-order valence-electron chi connectivity index (χ4n) is 1.82. The van der Waals surface area contributed by atoms with Gasteiger partial charge in [0.05, 0.1) is 16.9 Å². The number of fused-ring (bicyclic) bond motifs is 1. The fourth-order valence-corrected chi connectivity index (χ4v) is 2.71. The highest BCUT2D eigenvalue weighted by Crippen LogP contribution is 2.26. The molecule has 0 aromatic carbocycles. The number of nitrogens with one attached hydrogen (secondary N) is 1. The molecule has 0 aliphatic heterocycles. The van der Waals surface area contributed by atoms with Crippen LogP contribution in [0.2, 0.25) is 5.02 Å². The van der Waals surface area contributed by atoms with E-state index in [4.69, 9.17) is 16.3 Å². The Balaban J connectivity index is 1.84. The highest BCUT2D eigenvalue weighted by molar-refractivity contribution is 7.21. The van der Waals surface area contributed by atoms with Gasteiger partial charge < -0.3 is 4.74 Å². The van der Waals surface area contributed by atoms with E-state index in [0.29, 0.717) is 32.0 Å². The van der Waals surface area contributed by atoms with Gasteiger partial charge in [-0.25, -0.2) is 14.8 Å². The van der Waals surface area contributed by atoms with E-state index in [1.165, 1.54) is 11.3 Å². The zero-order valence-corrected chi connectivity index (χ0v) is 14.8. The number of rotatable bonds is 2. The number of amides is 1. The first-order valence-corrected chi connectivity index (χ1v) is 8.25. The number of halogens is 1. The van der Waals surface area contributed by atoms with E-state index in [2.05, 4.69) is 25.3 Å². The lowest BCUT2D eigenvalue weighted by Gasteiger charge is -2.18.